The maximum Gasteiger partial charge on any atom is 0.330 e. The van der Waals surface area contributed by atoms with E-state index < -0.39 is 21.9 Å². The molecule has 0 bridgehead atoms. The second-order valence-electron chi connectivity index (χ2n) is 5.89. The Morgan fingerprint density at radius 3 is 2.19 bits per heavy atom. The van der Waals surface area contributed by atoms with Gasteiger partial charge < -0.3 is 14.8 Å². The summed E-state index contributed by atoms with van der Waals surface area (Å²) in [7, 11) is -2.27. The molecule has 164 valence electrons. The van der Waals surface area contributed by atoms with Crippen molar-refractivity contribution >= 4 is 50.6 Å². The van der Waals surface area contributed by atoms with Gasteiger partial charge in [-0.15, -0.1) is 0 Å². The van der Waals surface area contributed by atoms with E-state index in [1.165, 1.54) is 31.4 Å². The van der Waals surface area contributed by atoms with Crippen molar-refractivity contribution in [2.75, 3.05) is 23.8 Å². The molecule has 0 aliphatic carbocycles. The van der Waals surface area contributed by atoms with Gasteiger partial charge in [-0.25, -0.2) is 13.2 Å². The lowest BCUT2D eigenvalue weighted by atomic mass is 10.3. The third-order valence-corrected chi connectivity index (χ3v) is 5.26. The highest BCUT2D eigenvalue weighted by Crippen LogP contribution is 2.20. The Bertz CT molecular complexity index is 1070. The molecule has 0 aromatic heterocycles. The smallest absolute Gasteiger partial charge is 0.330 e. The molecule has 0 fully saturated rings. The van der Waals surface area contributed by atoms with E-state index in [0.717, 1.165) is 12.2 Å². The minimum atomic E-state index is -3.79. The first-order valence-corrected chi connectivity index (χ1v) is 10.9. The second-order valence-corrected chi connectivity index (χ2v) is 7.98. The predicted octanol–water partition coefficient (Wildman–Crippen LogP) is 2.43. The van der Waals surface area contributed by atoms with Gasteiger partial charge in [0.05, 0.1) is 18.6 Å². The molecule has 1 amide bonds. The average molecular weight is 464 g/mol. The van der Waals surface area contributed by atoms with E-state index >= 15 is 0 Å². The number of methoxy groups -OCH3 is 1. The lowest BCUT2D eigenvalue weighted by Crippen LogP contribution is -2.33. The molecule has 0 saturated heterocycles. The third kappa shape index (κ3) is 7.72. The number of thiocarbonyl (C=S) groups is 1. The van der Waals surface area contributed by atoms with Crippen LogP contribution in [0.1, 0.15) is 6.92 Å². The number of esters is 1. The first kappa shape index (κ1) is 23.8. The number of rotatable bonds is 8. The summed E-state index contributed by atoms with van der Waals surface area (Å²) in [4.78, 5) is 23.0. The molecule has 0 spiro atoms. The number of anilines is 2. The van der Waals surface area contributed by atoms with Crippen molar-refractivity contribution < 1.29 is 27.5 Å². The van der Waals surface area contributed by atoms with Crippen molar-refractivity contribution in [2.45, 2.75) is 11.8 Å². The zero-order valence-corrected chi connectivity index (χ0v) is 18.4. The molecule has 2 rings (SSSR count). The topological polar surface area (TPSA) is 123 Å². The molecule has 11 heteroatoms. The van der Waals surface area contributed by atoms with Gasteiger partial charge in [0.1, 0.15) is 5.75 Å². The highest BCUT2D eigenvalue weighted by molar-refractivity contribution is 7.92. The van der Waals surface area contributed by atoms with E-state index in [2.05, 4.69) is 20.1 Å². The molecule has 0 aliphatic heterocycles. The predicted molar refractivity (Wildman–Crippen MR) is 120 cm³/mol. The quantitative estimate of drug-likeness (QED) is 0.310. The van der Waals surface area contributed by atoms with Crippen LogP contribution >= 0.6 is 12.2 Å². The Balaban J connectivity index is 1.95. The summed E-state index contributed by atoms with van der Waals surface area (Å²) in [6.45, 7) is 1.85. The molecule has 0 radical (unpaired) electrons. The van der Waals surface area contributed by atoms with Crippen LogP contribution in [0.4, 0.5) is 11.4 Å². The molecular weight excluding hydrogens is 442 g/mol. The van der Waals surface area contributed by atoms with Gasteiger partial charge >= 0.3 is 5.97 Å². The zero-order valence-electron chi connectivity index (χ0n) is 16.7. The minimum Gasteiger partial charge on any atom is -0.497 e. The van der Waals surface area contributed by atoms with Gasteiger partial charge in [-0.1, -0.05) is 0 Å². The van der Waals surface area contributed by atoms with Crippen molar-refractivity contribution in [1.82, 2.24) is 5.32 Å². The minimum absolute atomic E-state index is 0.0227. The van der Waals surface area contributed by atoms with Crippen LogP contribution in [0.2, 0.25) is 0 Å². The summed E-state index contributed by atoms with van der Waals surface area (Å²) in [5.74, 6) is -0.650. The average Bonchev–Trinajstić information content (AvgIpc) is 2.73. The number of amides is 1. The molecule has 0 saturated carbocycles. The summed E-state index contributed by atoms with van der Waals surface area (Å²) in [5.41, 5.74) is 0.853. The Kier molecular flexibility index (Phi) is 8.53. The summed E-state index contributed by atoms with van der Waals surface area (Å²) >= 11 is 5.02. The first-order valence-electron chi connectivity index (χ1n) is 8.97. The molecule has 0 heterocycles. The van der Waals surface area contributed by atoms with Crippen LogP contribution in [0.5, 0.6) is 5.75 Å². The van der Waals surface area contributed by atoms with Crippen LogP contribution in [-0.2, 0) is 24.3 Å². The van der Waals surface area contributed by atoms with Gasteiger partial charge in [0.25, 0.3) is 10.0 Å². The van der Waals surface area contributed by atoms with Crippen molar-refractivity contribution in [2.24, 2.45) is 0 Å². The van der Waals surface area contributed by atoms with Gasteiger partial charge in [0.15, 0.2) is 5.11 Å². The monoisotopic (exact) mass is 463 g/mol. The van der Waals surface area contributed by atoms with E-state index in [9.17, 15) is 18.0 Å². The lowest BCUT2D eigenvalue weighted by molar-refractivity contribution is -0.137. The standard InChI is InChI=1S/C20H21N3O6S2/c1-3-29-19(25)13-12-18(24)22-20(30)21-14-6-10-17(11-7-14)31(26,27)23-15-4-8-16(28-2)9-5-15/h4-13,23H,3H2,1-2H3,(H2,21,22,24,30). The molecule has 3 N–H and O–H groups in total. The maximum absolute atomic E-state index is 12.5. The highest BCUT2D eigenvalue weighted by Gasteiger charge is 2.14. The van der Waals surface area contributed by atoms with E-state index in [0.29, 0.717) is 17.1 Å². The number of hydrogen-bond acceptors (Lipinski definition) is 7. The van der Waals surface area contributed by atoms with Crippen molar-refractivity contribution in [1.29, 1.82) is 0 Å². The van der Waals surface area contributed by atoms with Crippen LogP contribution < -0.4 is 20.1 Å². The number of nitrogens with one attached hydrogen (secondary N) is 3. The fourth-order valence-corrected chi connectivity index (χ4v) is 3.52. The molecule has 31 heavy (non-hydrogen) atoms. The van der Waals surface area contributed by atoms with Crippen LogP contribution in [0.3, 0.4) is 0 Å². The zero-order chi connectivity index (χ0) is 22.9. The summed E-state index contributed by atoms with van der Waals surface area (Å²) < 4.78 is 37.2. The Morgan fingerprint density at radius 2 is 1.61 bits per heavy atom. The molecule has 0 atom stereocenters. The van der Waals surface area contributed by atoms with Crippen molar-refractivity contribution in [3.8, 4) is 5.75 Å². The number of sulfonamides is 1. The van der Waals surface area contributed by atoms with Crippen LogP contribution in [0.15, 0.2) is 65.6 Å². The fourth-order valence-electron chi connectivity index (χ4n) is 2.24. The van der Waals surface area contributed by atoms with Crippen LogP contribution in [-0.4, -0.2) is 39.1 Å². The van der Waals surface area contributed by atoms with Gasteiger partial charge in [0.2, 0.25) is 5.91 Å². The SMILES string of the molecule is CCOC(=O)C=CC(=O)NC(=S)Nc1ccc(S(=O)(=O)Nc2ccc(OC)cc2)cc1. The Morgan fingerprint density at radius 1 is 1.00 bits per heavy atom. The molecule has 9 nitrogen and oxygen atoms in total. The van der Waals surface area contributed by atoms with E-state index in [1.807, 2.05) is 0 Å². The number of carbonyl (C=O) groups excluding carboxylic acids is 2. The Hall–Kier alpha value is -3.44. The van der Waals surface area contributed by atoms with E-state index in [1.54, 1.807) is 31.2 Å². The molecule has 0 unspecified atom stereocenters. The maximum atomic E-state index is 12.5. The van der Waals surface area contributed by atoms with Gasteiger partial charge in [-0.05, 0) is 67.7 Å². The van der Waals surface area contributed by atoms with Gasteiger partial charge in [-0.3, -0.25) is 14.8 Å². The first-order chi connectivity index (χ1) is 14.7. The van der Waals surface area contributed by atoms with Crippen LogP contribution in [0.25, 0.3) is 0 Å². The molecule has 2 aromatic rings. The van der Waals surface area contributed by atoms with Gasteiger partial charge in [0, 0.05) is 23.5 Å². The van der Waals surface area contributed by atoms with Crippen molar-refractivity contribution in [3.05, 3.63) is 60.7 Å². The van der Waals surface area contributed by atoms with Gasteiger partial charge in [-0.2, -0.15) is 0 Å². The molecular formula is C20H21N3O6S2. The van der Waals surface area contributed by atoms with E-state index in [4.69, 9.17) is 17.0 Å². The highest BCUT2D eigenvalue weighted by atomic mass is 32.2. The summed E-state index contributed by atoms with van der Waals surface area (Å²) in [6.07, 6.45) is 1.98. The molecule has 2 aromatic carbocycles. The fraction of sp³-hybridized carbons (Fsp3) is 0.150. The van der Waals surface area contributed by atoms with E-state index in [-0.39, 0.29) is 16.6 Å². The number of benzene rings is 2. The Labute approximate surface area is 185 Å². The normalized spacial score (nSPS) is 10.9. The second kappa shape index (κ2) is 11.1. The summed E-state index contributed by atoms with van der Waals surface area (Å²) in [5, 5.41) is 5.08. The van der Waals surface area contributed by atoms with Crippen molar-refractivity contribution in [3.63, 3.8) is 0 Å². The molecule has 0 aliphatic rings. The number of ether oxygens (including phenoxy) is 2. The number of carbonyl (C=O) groups is 2. The number of hydrogen-bond donors (Lipinski definition) is 3. The van der Waals surface area contributed by atoms with Crippen LogP contribution in [0, 0.1) is 0 Å². The largest absolute Gasteiger partial charge is 0.497 e. The summed E-state index contributed by atoms with van der Waals surface area (Å²) in [6, 6.07) is 12.2. The third-order valence-electron chi connectivity index (χ3n) is 3.66. The lowest BCUT2D eigenvalue weighted by Gasteiger charge is -2.11.